The van der Waals surface area contributed by atoms with E-state index in [2.05, 4.69) is 4.98 Å². The molecule has 1 fully saturated rings. The highest BCUT2D eigenvalue weighted by atomic mass is 32.2. The van der Waals surface area contributed by atoms with E-state index in [-0.39, 0.29) is 24.0 Å². The van der Waals surface area contributed by atoms with Gasteiger partial charge in [-0.3, -0.25) is 4.79 Å². The highest BCUT2D eigenvalue weighted by molar-refractivity contribution is 7.91. The monoisotopic (exact) mass is 286 g/mol. The Labute approximate surface area is 112 Å². The molecule has 1 aromatic heterocycles. The van der Waals surface area contributed by atoms with Crippen molar-refractivity contribution in [3.63, 3.8) is 0 Å². The lowest BCUT2D eigenvalue weighted by Gasteiger charge is -2.18. The van der Waals surface area contributed by atoms with Gasteiger partial charge in [-0.05, 0) is 6.42 Å². The van der Waals surface area contributed by atoms with E-state index in [4.69, 9.17) is 5.73 Å². The van der Waals surface area contributed by atoms with Gasteiger partial charge in [0.1, 0.15) is 5.69 Å². The summed E-state index contributed by atoms with van der Waals surface area (Å²) in [6.45, 7) is 1.79. The van der Waals surface area contributed by atoms with Gasteiger partial charge in [-0.2, -0.15) is 0 Å². The molecule has 1 aromatic rings. The SMILES string of the molecule is NCCn1cnc(C(=O)N2CCCS(=O)(=O)CC2)c1. The van der Waals surface area contributed by atoms with Crippen LogP contribution >= 0.6 is 0 Å². The van der Waals surface area contributed by atoms with Crippen molar-refractivity contribution in [2.24, 2.45) is 5.73 Å². The molecule has 19 heavy (non-hydrogen) atoms. The molecule has 0 saturated carbocycles. The van der Waals surface area contributed by atoms with E-state index < -0.39 is 9.84 Å². The third-order valence-corrected chi connectivity index (χ3v) is 4.80. The van der Waals surface area contributed by atoms with Crippen LogP contribution in [0.5, 0.6) is 0 Å². The Kier molecular flexibility index (Phi) is 4.20. The zero-order valence-electron chi connectivity index (χ0n) is 10.7. The van der Waals surface area contributed by atoms with Crippen molar-refractivity contribution >= 4 is 15.7 Å². The number of nitrogens with zero attached hydrogens (tertiary/aromatic N) is 3. The minimum absolute atomic E-state index is 0.0300. The first kappa shape index (κ1) is 14.0. The van der Waals surface area contributed by atoms with Crippen molar-refractivity contribution in [2.45, 2.75) is 13.0 Å². The summed E-state index contributed by atoms with van der Waals surface area (Å²) in [6.07, 6.45) is 3.70. The molecule has 2 heterocycles. The molecular formula is C11H18N4O3S. The minimum atomic E-state index is -3.01. The topological polar surface area (TPSA) is 98.3 Å². The van der Waals surface area contributed by atoms with Gasteiger partial charge in [-0.25, -0.2) is 13.4 Å². The highest BCUT2D eigenvalue weighted by Crippen LogP contribution is 2.09. The maximum Gasteiger partial charge on any atom is 0.274 e. The Morgan fingerprint density at radius 3 is 2.89 bits per heavy atom. The number of rotatable bonds is 3. The highest BCUT2D eigenvalue weighted by Gasteiger charge is 2.24. The molecule has 0 spiro atoms. The second-order valence-electron chi connectivity index (χ2n) is 4.58. The van der Waals surface area contributed by atoms with Crippen LogP contribution in [-0.2, 0) is 16.4 Å². The van der Waals surface area contributed by atoms with E-state index in [9.17, 15) is 13.2 Å². The van der Waals surface area contributed by atoms with Gasteiger partial charge >= 0.3 is 0 Å². The molecule has 0 bridgehead atoms. The molecule has 0 aromatic carbocycles. The smallest absolute Gasteiger partial charge is 0.274 e. The number of carbonyl (C=O) groups excluding carboxylic acids is 1. The number of carbonyl (C=O) groups is 1. The molecule has 1 amide bonds. The summed E-state index contributed by atoms with van der Waals surface area (Å²) in [5, 5.41) is 0. The summed E-state index contributed by atoms with van der Waals surface area (Å²) >= 11 is 0. The molecule has 0 unspecified atom stereocenters. The number of aromatic nitrogens is 2. The first-order valence-corrected chi connectivity index (χ1v) is 8.05. The standard InChI is InChI=1S/C11H18N4O3S/c12-2-4-14-8-10(13-9-14)11(16)15-3-1-6-19(17,18)7-5-15/h8-9H,1-7,12H2. The fourth-order valence-electron chi connectivity index (χ4n) is 2.05. The summed E-state index contributed by atoms with van der Waals surface area (Å²) < 4.78 is 24.7. The Balaban J connectivity index is 2.06. The summed E-state index contributed by atoms with van der Waals surface area (Å²) in [7, 11) is -3.01. The van der Waals surface area contributed by atoms with Crippen LogP contribution in [0.15, 0.2) is 12.5 Å². The lowest BCUT2D eigenvalue weighted by Crippen LogP contribution is -2.33. The molecule has 0 radical (unpaired) electrons. The fraction of sp³-hybridized carbons (Fsp3) is 0.636. The van der Waals surface area contributed by atoms with Crippen LogP contribution in [0.25, 0.3) is 0 Å². The second-order valence-corrected chi connectivity index (χ2v) is 6.89. The predicted octanol–water partition coefficient (Wildman–Crippen LogP) is -0.897. The van der Waals surface area contributed by atoms with E-state index in [0.717, 1.165) is 0 Å². The summed E-state index contributed by atoms with van der Waals surface area (Å²) in [5.74, 6) is -0.0337. The van der Waals surface area contributed by atoms with Crippen molar-refractivity contribution in [3.8, 4) is 0 Å². The van der Waals surface area contributed by atoms with Gasteiger partial charge < -0.3 is 15.2 Å². The second kappa shape index (κ2) is 5.70. The predicted molar refractivity (Wildman–Crippen MR) is 70.5 cm³/mol. The van der Waals surface area contributed by atoms with Crippen LogP contribution < -0.4 is 5.73 Å². The normalized spacial score (nSPS) is 19.1. The van der Waals surface area contributed by atoms with Crippen LogP contribution in [0.4, 0.5) is 0 Å². The molecule has 1 aliphatic rings. The van der Waals surface area contributed by atoms with E-state index in [1.54, 1.807) is 22.0 Å². The van der Waals surface area contributed by atoms with Crippen LogP contribution in [0.2, 0.25) is 0 Å². The number of hydrogen-bond acceptors (Lipinski definition) is 5. The molecule has 106 valence electrons. The maximum atomic E-state index is 12.2. The van der Waals surface area contributed by atoms with E-state index in [0.29, 0.717) is 31.7 Å². The van der Waals surface area contributed by atoms with Crippen molar-refractivity contribution in [1.29, 1.82) is 0 Å². The minimum Gasteiger partial charge on any atom is -0.336 e. The Morgan fingerprint density at radius 1 is 1.37 bits per heavy atom. The number of imidazole rings is 1. The largest absolute Gasteiger partial charge is 0.336 e. The average Bonchev–Trinajstić information content (AvgIpc) is 2.74. The van der Waals surface area contributed by atoms with Gasteiger partial charge in [0.05, 0.1) is 17.8 Å². The summed E-state index contributed by atoms with van der Waals surface area (Å²) in [5.41, 5.74) is 5.77. The summed E-state index contributed by atoms with van der Waals surface area (Å²) in [6, 6.07) is 0. The first-order valence-electron chi connectivity index (χ1n) is 6.23. The molecule has 1 saturated heterocycles. The lowest BCUT2D eigenvalue weighted by molar-refractivity contribution is 0.0763. The first-order chi connectivity index (χ1) is 9.02. The van der Waals surface area contributed by atoms with Gasteiger partial charge in [-0.15, -0.1) is 0 Å². The third kappa shape index (κ3) is 3.54. The van der Waals surface area contributed by atoms with Gasteiger partial charge in [0.25, 0.3) is 5.91 Å². The van der Waals surface area contributed by atoms with Crippen molar-refractivity contribution in [2.75, 3.05) is 31.1 Å². The van der Waals surface area contributed by atoms with Crippen LogP contribution in [0.1, 0.15) is 16.9 Å². The molecule has 7 nitrogen and oxygen atoms in total. The maximum absolute atomic E-state index is 12.2. The zero-order chi connectivity index (χ0) is 13.9. The van der Waals surface area contributed by atoms with Crippen molar-refractivity contribution in [3.05, 3.63) is 18.2 Å². The quantitative estimate of drug-likeness (QED) is 0.776. The lowest BCUT2D eigenvalue weighted by atomic mass is 10.3. The van der Waals surface area contributed by atoms with Crippen LogP contribution in [-0.4, -0.2) is 59.9 Å². The van der Waals surface area contributed by atoms with Gasteiger partial charge in [0, 0.05) is 32.4 Å². The Morgan fingerprint density at radius 2 is 2.16 bits per heavy atom. The number of amides is 1. The van der Waals surface area contributed by atoms with Gasteiger partial charge in [-0.1, -0.05) is 0 Å². The van der Waals surface area contributed by atoms with Gasteiger partial charge in [0.15, 0.2) is 9.84 Å². The molecule has 2 N–H and O–H groups in total. The Bertz CT molecular complexity index is 552. The number of nitrogens with two attached hydrogens (primary N) is 1. The van der Waals surface area contributed by atoms with E-state index >= 15 is 0 Å². The molecule has 2 rings (SSSR count). The van der Waals surface area contributed by atoms with Crippen molar-refractivity contribution in [1.82, 2.24) is 14.5 Å². The number of sulfone groups is 1. The zero-order valence-corrected chi connectivity index (χ0v) is 11.5. The number of hydrogen-bond donors (Lipinski definition) is 1. The van der Waals surface area contributed by atoms with Crippen molar-refractivity contribution < 1.29 is 13.2 Å². The molecule has 1 aliphatic heterocycles. The fourth-order valence-corrected chi connectivity index (χ4v) is 3.32. The van der Waals surface area contributed by atoms with E-state index in [1.165, 1.54) is 0 Å². The molecule has 0 atom stereocenters. The van der Waals surface area contributed by atoms with Crippen LogP contribution in [0, 0.1) is 0 Å². The van der Waals surface area contributed by atoms with Crippen LogP contribution in [0.3, 0.4) is 0 Å². The molecule has 0 aliphatic carbocycles. The average molecular weight is 286 g/mol. The molecular weight excluding hydrogens is 268 g/mol. The van der Waals surface area contributed by atoms with Gasteiger partial charge in [0.2, 0.25) is 0 Å². The van der Waals surface area contributed by atoms with E-state index in [1.807, 2.05) is 0 Å². The Hall–Kier alpha value is -1.41. The third-order valence-electron chi connectivity index (χ3n) is 3.08. The molecule has 8 heteroatoms. The summed E-state index contributed by atoms with van der Waals surface area (Å²) in [4.78, 5) is 17.8.